The number of alkyl halides is 2. The number of rotatable bonds is 5. The van der Waals surface area contributed by atoms with Crippen LogP contribution in [-0.4, -0.2) is 6.61 Å². The topological polar surface area (TPSA) is 42.2 Å². The monoisotopic (exact) mass is 563 g/mol. The van der Waals surface area contributed by atoms with Gasteiger partial charge in [0.1, 0.15) is 57.8 Å². The lowest BCUT2D eigenvalue weighted by Crippen LogP contribution is -2.30. The molecule has 3 nitrogen and oxygen atoms in total. The largest absolute Gasteiger partial charge is 0.493 e. The molecule has 3 aromatic carbocycles. The molecule has 0 bridgehead atoms. The average molecular weight is 564 g/mol. The van der Waals surface area contributed by atoms with Crippen molar-refractivity contribution in [2.24, 2.45) is 17.8 Å². The van der Waals surface area contributed by atoms with Crippen LogP contribution in [0.15, 0.2) is 36.4 Å². The molecule has 1 heterocycles. The summed E-state index contributed by atoms with van der Waals surface area (Å²) in [4.78, 5) is 0. The fraction of sp³-hybridized carbons (Fsp3) is 0.367. The molecule has 1 unspecified atom stereocenters. The van der Waals surface area contributed by atoms with Crippen molar-refractivity contribution in [1.29, 1.82) is 5.26 Å². The Balaban J connectivity index is 1.40. The third kappa shape index (κ3) is 5.34. The molecule has 210 valence electrons. The molecule has 0 N–H and O–H groups in total. The fourth-order valence-corrected chi connectivity index (χ4v) is 5.63. The summed E-state index contributed by atoms with van der Waals surface area (Å²) in [6.07, 6.45) is 0.342. The first-order valence-electron chi connectivity index (χ1n) is 12.9. The molecule has 5 rings (SSSR count). The Morgan fingerprint density at radius 1 is 0.825 bits per heavy atom. The maximum Gasteiger partial charge on any atom is 0.432 e. The fourth-order valence-electron chi connectivity index (χ4n) is 5.63. The van der Waals surface area contributed by atoms with Crippen molar-refractivity contribution >= 4 is 0 Å². The van der Waals surface area contributed by atoms with Gasteiger partial charge < -0.3 is 9.47 Å². The maximum absolute atomic E-state index is 15.1. The highest BCUT2D eigenvalue weighted by Gasteiger charge is 2.42. The van der Waals surface area contributed by atoms with Gasteiger partial charge in [0.25, 0.3) is 0 Å². The van der Waals surface area contributed by atoms with E-state index in [1.54, 1.807) is 0 Å². The van der Waals surface area contributed by atoms with Gasteiger partial charge in [0.2, 0.25) is 0 Å². The molecule has 0 amide bonds. The van der Waals surface area contributed by atoms with Crippen molar-refractivity contribution in [3.8, 4) is 28.7 Å². The van der Waals surface area contributed by atoms with E-state index in [-0.39, 0.29) is 17.0 Å². The summed E-state index contributed by atoms with van der Waals surface area (Å²) < 4.78 is 112. The van der Waals surface area contributed by atoms with Gasteiger partial charge in [0, 0.05) is 17.7 Å². The predicted molar refractivity (Wildman–Crippen MR) is 131 cm³/mol. The summed E-state index contributed by atoms with van der Waals surface area (Å²) in [5, 5.41) is 8.70. The number of benzene rings is 3. The van der Waals surface area contributed by atoms with Crippen LogP contribution in [0.3, 0.4) is 0 Å². The number of nitrogens with zero attached hydrogens (tertiary/aromatic N) is 1. The molecule has 10 heteroatoms. The van der Waals surface area contributed by atoms with Crippen LogP contribution >= 0.6 is 0 Å². The van der Waals surface area contributed by atoms with Gasteiger partial charge in [-0.1, -0.05) is 19.8 Å². The van der Waals surface area contributed by atoms with Crippen LogP contribution in [-0.2, 0) is 12.5 Å². The molecule has 0 spiro atoms. The average Bonchev–Trinajstić information content (AvgIpc) is 2.87. The molecule has 1 aliphatic heterocycles. The number of halogens is 7. The zero-order chi connectivity index (χ0) is 28.8. The second kappa shape index (κ2) is 10.7. The molecular weight excluding hydrogens is 539 g/mol. The molecule has 2 aliphatic rings. The first-order chi connectivity index (χ1) is 19.0. The van der Waals surface area contributed by atoms with Crippen LogP contribution in [0, 0.1) is 58.2 Å². The highest BCUT2D eigenvalue weighted by Crippen LogP contribution is 2.42. The normalized spacial score (nSPS) is 20.8. The van der Waals surface area contributed by atoms with Gasteiger partial charge in [-0.05, 0) is 72.4 Å². The smallest absolute Gasteiger partial charge is 0.432 e. The van der Waals surface area contributed by atoms with Crippen molar-refractivity contribution in [2.45, 2.75) is 45.1 Å². The second-order valence-electron chi connectivity index (χ2n) is 10.5. The molecule has 0 aromatic heterocycles. The Hall–Kier alpha value is -3.74. The summed E-state index contributed by atoms with van der Waals surface area (Å²) in [5.41, 5.74) is -2.82. The van der Waals surface area contributed by atoms with Gasteiger partial charge in [-0.3, -0.25) is 0 Å². The summed E-state index contributed by atoms with van der Waals surface area (Å²) in [6.45, 7) is 2.66. The van der Waals surface area contributed by atoms with Crippen LogP contribution in [0.2, 0.25) is 0 Å². The van der Waals surface area contributed by atoms with Crippen molar-refractivity contribution in [3.63, 3.8) is 0 Å². The number of hydrogen-bond donors (Lipinski definition) is 0. The van der Waals surface area contributed by atoms with Crippen LogP contribution in [0.5, 0.6) is 11.5 Å². The van der Waals surface area contributed by atoms with Crippen molar-refractivity contribution in [2.75, 3.05) is 6.61 Å². The minimum Gasteiger partial charge on any atom is -0.493 e. The Kier molecular flexibility index (Phi) is 7.42. The third-order valence-electron chi connectivity index (χ3n) is 7.83. The van der Waals surface area contributed by atoms with E-state index in [1.807, 2.05) is 0 Å². The number of fused-ring (bicyclic) bond motifs is 1. The van der Waals surface area contributed by atoms with E-state index in [4.69, 9.17) is 10.00 Å². The number of hydrogen-bond acceptors (Lipinski definition) is 3. The summed E-state index contributed by atoms with van der Waals surface area (Å²) >= 11 is 0. The first kappa shape index (κ1) is 27.8. The molecule has 3 aromatic rings. The van der Waals surface area contributed by atoms with Crippen molar-refractivity contribution in [1.82, 2.24) is 0 Å². The number of ether oxygens (including phenoxy) is 2. The lowest BCUT2D eigenvalue weighted by Gasteiger charge is -2.35. The minimum atomic E-state index is -4.71. The van der Waals surface area contributed by atoms with E-state index >= 15 is 4.39 Å². The second-order valence-corrected chi connectivity index (χ2v) is 10.5. The van der Waals surface area contributed by atoms with E-state index < -0.39 is 52.1 Å². The van der Waals surface area contributed by atoms with Gasteiger partial charge in [0.15, 0.2) is 0 Å². The molecule has 40 heavy (non-hydrogen) atoms. The molecule has 1 atom stereocenters. The van der Waals surface area contributed by atoms with Crippen LogP contribution in [0.25, 0.3) is 11.1 Å². The molecule has 1 aliphatic carbocycles. The Morgan fingerprint density at radius 2 is 1.45 bits per heavy atom. The first-order valence-corrected chi connectivity index (χ1v) is 12.9. The number of nitriles is 1. The van der Waals surface area contributed by atoms with E-state index in [1.165, 1.54) is 18.2 Å². The zero-order valence-corrected chi connectivity index (χ0v) is 21.3. The Bertz CT molecular complexity index is 1450. The minimum absolute atomic E-state index is 0.236. The molecule has 1 saturated carbocycles. The molecule has 1 fully saturated rings. The lowest BCUT2D eigenvalue weighted by molar-refractivity contribution is -0.189. The van der Waals surface area contributed by atoms with E-state index in [0.717, 1.165) is 25.7 Å². The Labute approximate surface area is 226 Å². The standard InChI is InChI=1S/C30H24F7NO2/c1-15-2-4-16(5-3-15)19-6-18-9-23(31)21(12-28(18)39-14-19)17-7-26(34)29(27(35)8-17)30(36,37)40-20-10-24(32)22(13-38)25(33)11-20/h7-12,15-16,19H,2-6,14H2,1H3. The molecule has 0 radical (unpaired) electrons. The quantitative estimate of drug-likeness (QED) is 0.293. The van der Waals surface area contributed by atoms with Gasteiger partial charge in [-0.25, -0.2) is 22.0 Å². The summed E-state index contributed by atoms with van der Waals surface area (Å²) in [5.74, 6) is -6.64. The van der Waals surface area contributed by atoms with Gasteiger partial charge >= 0.3 is 6.11 Å². The predicted octanol–water partition coefficient (Wildman–Crippen LogP) is 8.43. The Morgan fingerprint density at radius 3 is 2.05 bits per heavy atom. The highest BCUT2D eigenvalue weighted by atomic mass is 19.3. The summed E-state index contributed by atoms with van der Waals surface area (Å²) in [7, 11) is 0. The van der Waals surface area contributed by atoms with Crippen molar-refractivity contribution < 1.29 is 40.2 Å². The van der Waals surface area contributed by atoms with E-state index in [9.17, 15) is 26.3 Å². The SMILES string of the molecule is CC1CCC(C2COc3cc(-c4cc(F)c(C(F)(F)Oc5cc(F)c(C#N)c(F)c5)c(F)c4)c(F)cc3C2)CC1. The zero-order valence-electron chi connectivity index (χ0n) is 21.3. The van der Waals surface area contributed by atoms with Crippen LogP contribution < -0.4 is 9.47 Å². The third-order valence-corrected chi connectivity index (χ3v) is 7.83. The van der Waals surface area contributed by atoms with Gasteiger partial charge in [-0.2, -0.15) is 14.0 Å². The van der Waals surface area contributed by atoms with Gasteiger partial charge in [0.05, 0.1) is 6.61 Å². The van der Waals surface area contributed by atoms with Crippen LogP contribution in [0.1, 0.15) is 49.3 Å². The van der Waals surface area contributed by atoms with E-state index in [0.29, 0.717) is 60.4 Å². The van der Waals surface area contributed by atoms with Crippen molar-refractivity contribution in [3.05, 3.63) is 82.2 Å². The van der Waals surface area contributed by atoms with Crippen LogP contribution in [0.4, 0.5) is 30.7 Å². The van der Waals surface area contributed by atoms with E-state index in [2.05, 4.69) is 11.7 Å². The maximum atomic E-state index is 15.1. The highest BCUT2D eigenvalue weighted by molar-refractivity contribution is 5.68. The summed E-state index contributed by atoms with van der Waals surface area (Å²) in [6, 6.07) is 5.40. The molecular formula is C30H24F7NO2. The lowest BCUT2D eigenvalue weighted by atomic mass is 9.74. The van der Waals surface area contributed by atoms with Gasteiger partial charge in [-0.15, -0.1) is 0 Å². The molecule has 0 saturated heterocycles.